The third kappa shape index (κ3) is 2.65. The van der Waals surface area contributed by atoms with Gasteiger partial charge in [0.05, 0.1) is 4.88 Å². The van der Waals surface area contributed by atoms with Crippen LogP contribution in [0.1, 0.15) is 18.0 Å². The van der Waals surface area contributed by atoms with E-state index in [0.29, 0.717) is 12.1 Å². The fourth-order valence-electron chi connectivity index (χ4n) is 2.94. The predicted molar refractivity (Wildman–Crippen MR) is 94.2 cm³/mol. The van der Waals surface area contributed by atoms with Crippen molar-refractivity contribution in [2.45, 2.75) is 18.9 Å². The highest BCUT2D eigenvalue weighted by molar-refractivity contribution is 7.13. The van der Waals surface area contributed by atoms with E-state index in [2.05, 4.69) is 10.4 Å². The van der Waals surface area contributed by atoms with Gasteiger partial charge in [0.25, 0.3) is 5.56 Å². The molecule has 120 valence electrons. The number of aromatic nitrogens is 2. The van der Waals surface area contributed by atoms with Gasteiger partial charge in [-0.25, -0.2) is 4.68 Å². The first-order valence-electron chi connectivity index (χ1n) is 7.75. The Labute approximate surface area is 142 Å². The van der Waals surface area contributed by atoms with Crippen LogP contribution in [0.25, 0.3) is 10.6 Å². The Bertz CT molecular complexity index is 947. The van der Waals surface area contributed by atoms with Crippen molar-refractivity contribution in [2.75, 3.05) is 5.32 Å². The molecule has 0 saturated heterocycles. The maximum absolute atomic E-state index is 12.6. The third-order valence-electron chi connectivity index (χ3n) is 4.16. The van der Waals surface area contributed by atoms with Gasteiger partial charge in [0.15, 0.2) is 0 Å². The Morgan fingerprint density at radius 1 is 1.08 bits per heavy atom. The molecule has 0 spiro atoms. The second kappa shape index (κ2) is 6.05. The van der Waals surface area contributed by atoms with Gasteiger partial charge in [-0.1, -0.05) is 24.3 Å². The minimum Gasteiger partial charge on any atom is -0.324 e. The van der Waals surface area contributed by atoms with Crippen molar-refractivity contribution in [3.63, 3.8) is 0 Å². The smallest absolute Gasteiger partial charge is 0.267 e. The molecule has 1 atom stereocenters. The molecule has 0 bridgehead atoms. The summed E-state index contributed by atoms with van der Waals surface area (Å²) in [5.74, 6) is -0.196. The van der Waals surface area contributed by atoms with Crippen LogP contribution >= 0.6 is 11.3 Å². The number of carbonyl (C=O) groups is 1. The molecule has 1 N–H and O–H groups in total. The molecule has 4 rings (SSSR count). The van der Waals surface area contributed by atoms with E-state index < -0.39 is 6.04 Å². The SMILES string of the molecule is O=C1Nc2ccccc2CC[C@@H]1n1nc(-c2cccs2)ccc1=O. The molecule has 1 aliphatic heterocycles. The van der Waals surface area contributed by atoms with Gasteiger partial charge in [0, 0.05) is 11.8 Å². The maximum atomic E-state index is 12.6. The lowest BCUT2D eigenvalue weighted by atomic mass is 10.1. The first kappa shape index (κ1) is 14.8. The van der Waals surface area contributed by atoms with Crippen LogP contribution in [0.15, 0.2) is 58.7 Å². The number of anilines is 1. The standard InChI is InChI=1S/C18H15N3O2S/c22-17-10-8-14(16-6-3-11-24-16)20-21(17)15-9-7-12-4-1-2-5-13(12)19-18(15)23/h1-6,8,10-11,15H,7,9H2,(H,19,23)/t15-/m0/s1. The average Bonchev–Trinajstić information content (AvgIpc) is 3.07. The Morgan fingerprint density at radius 2 is 1.96 bits per heavy atom. The van der Waals surface area contributed by atoms with E-state index in [0.717, 1.165) is 22.5 Å². The monoisotopic (exact) mass is 337 g/mol. The van der Waals surface area contributed by atoms with Crippen LogP contribution < -0.4 is 10.9 Å². The quantitative estimate of drug-likeness (QED) is 0.781. The second-order valence-corrected chi connectivity index (χ2v) is 6.63. The van der Waals surface area contributed by atoms with E-state index in [1.807, 2.05) is 41.8 Å². The van der Waals surface area contributed by atoms with Crippen LogP contribution in [0.3, 0.4) is 0 Å². The lowest BCUT2D eigenvalue weighted by molar-refractivity contribution is -0.119. The zero-order valence-electron chi connectivity index (χ0n) is 12.8. The molecule has 0 unspecified atom stereocenters. The van der Waals surface area contributed by atoms with Gasteiger partial charge in [-0.15, -0.1) is 11.3 Å². The number of rotatable bonds is 2. The van der Waals surface area contributed by atoms with E-state index in [4.69, 9.17) is 0 Å². The number of thiophene rings is 1. The summed E-state index contributed by atoms with van der Waals surface area (Å²) in [6.07, 6.45) is 1.26. The Kier molecular flexibility index (Phi) is 3.74. The number of nitrogens with one attached hydrogen (secondary N) is 1. The minimum atomic E-state index is -0.607. The first-order chi connectivity index (χ1) is 11.7. The van der Waals surface area contributed by atoms with Crippen molar-refractivity contribution >= 4 is 22.9 Å². The molecule has 1 aromatic carbocycles. The van der Waals surface area contributed by atoms with Crippen LogP contribution in [-0.4, -0.2) is 15.7 Å². The number of fused-ring (bicyclic) bond motifs is 1. The van der Waals surface area contributed by atoms with Gasteiger partial charge in [0.1, 0.15) is 11.7 Å². The maximum Gasteiger partial charge on any atom is 0.267 e. The van der Waals surface area contributed by atoms with Crippen molar-refractivity contribution < 1.29 is 4.79 Å². The van der Waals surface area contributed by atoms with Crippen molar-refractivity contribution in [3.05, 3.63) is 69.8 Å². The molecule has 0 fully saturated rings. The topological polar surface area (TPSA) is 64.0 Å². The van der Waals surface area contributed by atoms with Gasteiger partial charge in [-0.2, -0.15) is 5.10 Å². The van der Waals surface area contributed by atoms with Gasteiger partial charge < -0.3 is 5.32 Å². The largest absolute Gasteiger partial charge is 0.324 e. The molecule has 6 heteroatoms. The molecule has 0 saturated carbocycles. The number of aryl methyl sites for hydroxylation is 1. The molecule has 1 amide bonds. The van der Waals surface area contributed by atoms with Crippen LogP contribution in [-0.2, 0) is 11.2 Å². The van der Waals surface area contributed by atoms with Crippen molar-refractivity contribution in [3.8, 4) is 10.6 Å². The Hall–Kier alpha value is -2.73. The van der Waals surface area contributed by atoms with Gasteiger partial charge >= 0.3 is 0 Å². The lowest BCUT2D eigenvalue weighted by Gasteiger charge is -2.15. The predicted octanol–water partition coefficient (Wildman–Crippen LogP) is 3.10. The van der Waals surface area contributed by atoms with Crippen LogP contribution in [0.4, 0.5) is 5.69 Å². The van der Waals surface area contributed by atoms with Gasteiger partial charge in [0.2, 0.25) is 5.91 Å². The Balaban J connectivity index is 1.73. The summed E-state index contributed by atoms with van der Waals surface area (Å²) < 4.78 is 1.32. The van der Waals surface area contributed by atoms with Crippen LogP contribution in [0.2, 0.25) is 0 Å². The summed E-state index contributed by atoms with van der Waals surface area (Å²) in [4.78, 5) is 25.9. The highest BCUT2D eigenvalue weighted by Gasteiger charge is 2.26. The number of amides is 1. The van der Waals surface area contributed by atoms with Crippen LogP contribution in [0, 0.1) is 0 Å². The van der Waals surface area contributed by atoms with Gasteiger partial charge in [-0.05, 0) is 42.0 Å². The van der Waals surface area contributed by atoms with Crippen molar-refractivity contribution in [1.29, 1.82) is 0 Å². The normalized spacial score (nSPS) is 17.0. The summed E-state index contributed by atoms with van der Waals surface area (Å²) >= 11 is 1.55. The summed E-state index contributed by atoms with van der Waals surface area (Å²) in [7, 11) is 0. The summed E-state index contributed by atoms with van der Waals surface area (Å²) in [6.45, 7) is 0. The molecule has 1 aliphatic rings. The number of para-hydroxylation sites is 1. The van der Waals surface area contributed by atoms with Crippen molar-refractivity contribution in [1.82, 2.24) is 9.78 Å². The highest BCUT2D eigenvalue weighted by atomic mass is 32.1. The number of hydrogen-bond acceptors (Lipinski definition) is 4. The van der Waals surface area contributed by atoms with E-state index in [-0.39, 0.29) is 11.5 Å². The van der Waals surface area contributed by atoms with E-state index in [1.165, 1.54) is 10.7 Å². The fraction of sp³-hybridized carbons (Fsp3) is 0.167. The van der Waals surface area contributed by atoms with Crippen LogP contribution in [0.5, 0.6) is 0 Å². The zero-order chi connectivity index (χ0) is 16.5. The van der Waals surface area contributed by atoms with Gasteiger partial charge in [-0.3, -0.25) is 9.59 Å². The van der Waals surface area contributed by atoms with E-state index >= 15 is 0 Å². The lowest BCUT2D eigenvalue weighted by Crippen LogP contribution is -2.34. The molecule has 24 heavy (non-hydrogen) atoms. The summed E-state index contributed by atoms with van der Waals surface area (Å²) in [5.41, 5.74) is 2.34. The van der Waals surface area contributed by atoms with E-state index in [1.54, 1.807) is 17.4 Å². The molecule has 0 aliphatic carbocycles. The first-order valence-corrected chi connectivity index (χ1v) is 8.63. The zero-order valence-corrected chi connectivity index (χ0v) is 13.6. The van der Waals surface area contributed by atoms with E-state index in [9.17, 15) is 9.59 Å². The minimum absolute atomic E-state index is 0.196. The number of nitrogens with zero attached hydrogens (tertiary/aromatic N) is 2. The molecule has 0 radical (unpaired) electrons. The highest BCUT2D eigenvalue weighted by Crippen LogP contribution is 2.27. The summed E-state index contributed by atoms with van der Waals surface area (Å²) in [6, 6.07) is 14.2. The molecule has 2 aromatic heterocycles. The Morgan fingerprint density at radius 3 is 2.79 bits per heavy atom. The summed E-state index contributed by atoms with van der Waals surface area (Å²) in [5, 5.41) is 9.32. The average molecular weight is 337 g/mol. The molecular weight excluding hydrogens is 322 g/mol. The number of benzene rings is 1. The fourth-order valence-corrected chi connectivity index (χ4v) is 3.63. The molecule has 3 aromatic rings. The number of hydrogen-bond donors (Lipinski definition) is 1. The molecular formula is C18H15N3O2S. The third-order valence-corrected chi connectivity index (χ3v) is 5.05. The molecule has 5 nitrogen and oxygen atoms in total. The number of carbonyl (C=O) groups excluding carboxylic acids is 1. The van der Waals surface area contributed by atoms with Crippen molar-refractivity contribution in [2.24, 2.45) is 0 Å². The molecule has 3 heterocycles. The second-order valence-electron chi connectivity index (χ2n) is 5.68.